The number of aromatic hydroxyl groups is 2. The van der Waals surface area contributed by atoms with Gasteiger partial charge in [0.05, 0.1) is 0 Å². The van der Waals surface area contributed by atoms with Crippen molar-refractivity contribution in [3.63, 3.8) is 0 Å². The molecule has 3 N–H and O–H groups in total. The third-order valence-electron chi connectivity index (χ3n) is 4.55. The molecule has 27 heavy (non-hydrogen) atoms. The molecule has 0 aliphatic rings. The highest BCUT2D eigenvalue weighted by atomic mass is 16.3. The van der Waals surface area contributed by atoms with Crippen LogP contribution < -0.4 is 5.32 Å². The standard InChI is InChI=1S/C23H26N2O2/c26-22-12-6-4-10-20(22)16-24-14-15-25(17-19-8-2-1-3-9-19)18-21-11-5-7-13-23(21)27/h1-13,24,26-27H,14-18H2. The van der Waals surface area contributed by atoms with Gasteiger partial charge in [-0.1, -0.05) is 66.7 Å². The van der Waals surface area contributed by atoms with Crippen molar-refractivity contribution in [3.8, 4) is 11.5 Å². The average Bonchev–Trinajstić information content (AvgIpc) is 2.69. The number of para-hydroxylation sites is 2. The van der Waals surface area contributed by atoms with Gasteiger partial charge in [-0.25, -0.2) is 0 Å². The van der Waals surface area contributed by atoms with E-state index in [2.05, 4.69) is 22.3 Å². The molecule has 0 aromatic heterocycles. The molecule has 0 fully saturated rings. The Morgan fingerprint density at radius 3 is 1.93 bits per heavy atom. The van der Waals surface area contributed by atoms with Crippen molar-refractivity contribution in [1.82, 2.24) is 10.2 Å². The van der Waals surface area contributed by atoms with E-state index in [1.807, 2.05) is 54.6 Å². The monoisotopic (exact) mass is 362 g/mol. The molecule has 0 radical (unpaired) electrons. The Labute approximate surface area is 160 Å². The Morgan fingerprint density at radius 1 is 0.667 bits per heavy atom. The topological polar surface area (TPSA) is 55.7 Å². The normalized spacial score (nSPS) is 11.0. The maximum absolute atomic E-state index is 10.1. The third kappa shape index (κ3) is 5.84. The van der Waals surface area contributed by atoms with Gasteiger partial charge in [0.1, 0.15) is 11.5 Å². The zero-order chi connectivity index (χ0) is 18.9. The Balaban J connectivity index is 1.59. The second kappa shape index (κ2) is 9.76. The number of hydrogen-bond acceptors (Lipinski definition) is 4. The van der Waals surface area contributed by atoms with E-state index < -0.39 is 0 Å². The largest absolute Gasteiger partial charge is 0.508 e. The van der Waals surface area contributed by atoms with Crippen LogP contribution in [0, 0.1) is 0 Å². The van der Waals surface area contributed by atoms with E-state index in [0.29, 0.717) is 24.6 Å². The Hall–Kier alpha value is -2.82. The van der Waals surface area contributed by atoms with E-state index in [1.54, 1.807) is 12.1 Å². The molecule has 0 heterocycles. The minimum absolute atomic E-state index is 0.320. The van der Waals surface area contributed by atoms with Gasteiger partial charge in [-0.15, -0.1) is 0 Å². The maximum Gasteiger partial charge on any atom is 0.120 e. The quantitative estimate of drug-likeness (QED) is 0.506. The number of benzene rings is 3. The highest BCUT2D eigenvalue weighted by Gasteiger charge is 2.10. The minimum atomic E-state index is 0.320. The van der Waals surface area contributed by atoms with E-state index in [-0.39, 0.29) is 0 Å². The highest BCUT2D eigenvalue weighted by molar-refractivity contribution is 5.32. The number of nitrogens with zero attached hydrogens (tertiary/aromatic N) is 1. The summed E-state index contributed by atoms with van der Waals surface area (Å²) in [4.78, 5) is 2.31. The first kappa shape index (κ1) is 19.0. The lowest BCUT2D eigenvalue weighted by atomic mass is 10.1. The molecule has 0 saturated heterocycles. The van der Waals surface area contributed by atoms with Gasteiger partial charge in [0.25, 0.3) is 0 Å². The van der Waals surface area contributed by atoms with E-state index >= 15 is 0 Å². The molecular weight excluding hydrogens is 336 g/mol. The van der Waals surface area contributed by atoms with Crippen molar-refractivity contribution in [2.45, 2.75) is 19.6 Å². The summed E-state index contributed by atoms with van der Waals surface area (Å²) in [5, 5.41) is 23.4. The number of phenols is 2. The van der Waals surface area contributed by atoms with Gasteiger partial charge in [-0.2, -0.15) is 0 Å². The average molecular weight is 362 g/mol. The summed E-state index contributed by atoms with van der Waals surface area (Å²) in [6.45, 7) is 3.74. The number of nitrogens with one attached hydrogen (secondary N) is 1. The van der Waals surface area contributed by atoms with Gasteiger partial charge >= 0.3 is 0 Å². The van der Waals surface area contributed by atoms with Gasteiger partial charge < -0.3 is 15.5 Å². The second-order valence-electron chi connectivity index (χ2n) is 6.63. The predicted molar refractivity (Wildman–Crippen MR) is 108 cm³/mol. The van der Waals surface area contributed by atoms with Crippen LogP contribution in [0.5, 0.6) is 11.5 Å². The summed E-state index contributed by atoms with van der Waals surface area (Å²) < 4.78 is 0. The molecule has 0 saturated carbocycles. The molecule has 0 aliphatic carbocycles. The molecule has 0 amide bonds. The summed E-state index contributed by atoms with van der Waals surface area (Å²) in [6, 6.07) is 25.2. The fraction of sp³-hybridized carbons (Fsp3) is 0.217. The van der Waals surface area contributed by atoms with E-state index in [9.17, 15) is 10.2 Å². The number of rotatable bonds is 9. The second-order valence-corrected chi connectivity index (χ2v) is 6.63. The lowest BCUT2D eigenvalue weighted by molar-refractivity contribution is 0.252. The first-order chi connectivity index (χ1) is 13.2. The van der Waals surface area contributed by atoms with E-state index in [0.717, 1.165) is 30.8 Å². The zero-order valence-electron chi connectivity index (χ0n) is 15.4. The first-order valence-corrected chi connectivity index (χ1v) is 9.23. The maximum atomic E-state index is 10.1. The molecule has 0 spiro atoms. The molecule has 3 rings (SSSR count). The summed E-state index contributed by atoms with van der Waals surface area (Å²) >= 11 is 0. The summed E-state index contributed by atoms with van der Waals surface area (Å²) in [7, 11) is 0. The van der Waals surface area contributed by atoms with Crippen molar-refractivity contribution in [2.24, 2.45) is 0 Å². The smallest absolute Gasteiger partial charge is 0.120 e. The Morgan fingerprint density at radius 2 is 1.26 bits per heavy atom. The molecule has 3 aromatic rings. The molecular formula is C23H26N2O2. The lowest BCUT2D eigenvalue weighted by Gasteiger charge is -2.23. The van der Waals surface area contributed by atoms with E-state index in [1.165, 1.54) is 5.56 Å². The molecule has 0 atom stereocenters. The van der Waals surface area contributed by atoms with Crippen LogP contribution in [0.2, 0.25) is 0 Å². The van der Waals surface area contributed by atoms with Crippen molar-refractivity contribution in [1.29, 1.82) is 0 Å². The van der Waals surface area contributed by atoms with Crippen LogP contribution in [-0.4, -0.2) is 28.2 Å². The van der Waals surface area contributed by atoms with Crippen LogP contribution in [0.25, 0.3) is 0 Å². The minimum Gasteiger partial charge on any atom is -0.508 e. The Kier molecular flexibility index (Phi) is 6.85. The van der Waals surface area contributed by atoms with Crippen LogP contribution in [0.4, 0.5) is 0 Å². The number of hydrogen-bond donors (Lipinski definition) is 3. The van der Waals surface area contributed by atoms with Gasteiger partial charge in [-0.3, -0.25) is 4.90 Å². The van der Waals surface area contributed by atoms with Gasteiger partial charge in [-0.05, 0) is 17.7 Å². The predicted octanol–water partition coefficient (Wildman–Crippen LogP) is 3.89. The molecule has 140 valence electrons. The van der Waals surface area contributed by atoms with Crippen LogP contribution in [-0.2, 0) is 19.6 Å². The molecule has 0 unspecified atom stereocenters. The summed E-state index contributed by atoms with van der Waals surface area (Å²) in [5.74, 6) is 0.651. The highest BCUT2D eigenvalue weighted by Crippen LogP contribution is 2.19. The van der Waals surface area contributed by atoms with Crippen molar-refractivity contribution >= 4 is 0 Å². The molecule has 0 bridgehead atoms. The molecule has 0 aliphatic heterocycles. The van der Waals surface area contributed by atoms with Gasteiger partial charge in [0.15, 0.2) is 0 Å². The van der Waals surface area contributed by atoms with Crippen molar-refractivity contribution in [3.05, 3.63) is 95.6 Å². The van der Waals surface area contributed by atoms with Crippen LogP contribution in [0.1, 0.15) is 16.7 Å². The molecule has 4 heteroatoms. The fourth-order valence-corrected chi connectivity index (χ4v) is 3.06. The fourth-order valence-electron chi connectivity index (χ4n) is 3.06. The van der Waals surface area contributed by atoms with Crippen LogP contribution in [0.15, 0.2) is 78.9 Å². The van der Waals surface area contributed by atoms with Crippen LogP contribution >= 0.6 is 0 Å². The zero-order valence-corrected chi connectivity index (χ0v) is 15.4. The van der Waals surface area contributed by atoms with Crippen molar-refractivity contribution < 1.29 is 10.2 Å². The van der Waals surface area contributed by atoms with Crippen molar-refractivity contribution in [2.75, 3.05) is 13.1 Å². The molecule has 3 aromatic carbocycles. The lowest BCUT2D eigenvalue weighted by Crippen LogP contribution is -2.31. The third-order valence-corrected chi connectivity index (χ3v) is 4.55. The van der Waals surface area contributed by atoms with Gasteiger partial charge in [0.2, 0.25) is 0 Å². The van der Waals surface area contributed by atoms with Gasteiger partial charge in [0, 0.05) is 43.9 Å². The summed E-state index contributed by atoms with van der Waals surface area (Å²) in [6.07, 6.45) is 0. The number of phenolic OH excluding ortho intramolecular Hbond substituents is 2. The van der Waals surface area contributed by atoms with Crippen LogP contribution in [0.3, 0.4) is 0 Å². The SMILES string of the molecule is Oc1ccccc1CNCCN(Cc1ccccc1)Cc1ccccc1O. The first-order valence-electron chi connectivity index (χ1n) is 9.23. The summed E-state index contributed by atoms with van der Waals surface area (Å²) in [5.41, 5.74) is 3.07. The van der Waals surface area contributed by atoms with E-state index in [4.69, 9.17) is 0 Å². The molecule has 4 nitrogen and oxygen atoms in total. The Bertz CT molecular complexity index is 837.